The molecule has 8 aliphatic rings. The Bertz CT molecular complexity index is 1860. The normalized spacial score (nSPS) is 53.2. The van der Waals surface area contributed by atoms with Crippen LogP contribution in [0.25, 0.3) is 0 Å². The van der Waals surface area contributed by atoms with Crippen LogP contribution in [0.3, 0.4) is 0 Å². The molecule has 4 saturated carbocycles. The molecule has 5 aliphatic carbocycles. The molecule has 18 nitrogen and oxygen atoms in total. The number of fused-ring (bicyclic) bond motifs is 7. The molecule has 0 bridgehead atoms. The van der Waals surface area contributed by atoms with Crippen molar-refractivity contribution in [1.82, 2.24) is 0 Å². The van der Waals surface area contributed by atoms with E-state index in [1.54, 1.807) is 0 Å². The zero-order valence-corrected chi connectivity index (χ0v) is 39.6. The van der Waals surface area contributed by atoms with Crippen molar-refractivity contribution in [2.45, 2.75) is 218 Å². The number of carbonyl (C=O) groups is 2. The van der Waals surface area contributed by atoms with Crippen molar-refractivity contribution in [1.29, 1.82) is 0 Å². The summed E-state index contributed by atoms with van der Waals surface area (Å²) in [7, 11) is 0. The maximum Gasteiger partial charge on any atom is 0.335 e. The molecule has 23 atom stereocenters. The lowest BCUT2D eigenvalue weighted by Gasteiger charge is -2.71. The summed E-state index contributed by atoms with van der Waals surface area (Å²) in [6, 6.07) is 0. The Morgan fingerprint density at radius 2 is 1.30 bits per heavy atom. The molecule has 0 aromatic carbocycles. The largest absolute Gasteiger partial charge is 0.479 e. The number of aliphatic hydroxyl groups is 9. The highest BCUT2D eigenvalue weighted by Gasteiger charge is 2.70. The van der Waals surface area contributed by atoms with Gasteiger partial charge in [0.2, 0.25) is 6.29 Å². The van der Waals surface area contributed by atoms with E-state index in [0.717, 1.165) is 38.5 Å². The number of hydrogen-bond acceptors (Lipinski definition) is 17. The third-order valence-electron chi connectivity index (χ3n) is 19.2. The summed E-state index contributed by atoms with van der Waals surface area (Å²) in [6.45, 7) is 16.7. The van der Waals surface area contributed by atoms with Gasteiger partial charge in [0, 0.05) is 0 Å². The minimum Gasteiger partial charge on any atom is -0.479 e. The van der Waals surface area contributed by atoms with Crippen LogP contribution >= 0.6 is 0 Å². The SMILES string of the molecule is C[C@@H]1O[C@@H](O[C@H]2[C@H](O)[C@@H](O)[C@H](OC(=O)[C@]34CCC(C)(C)C[C@H]3C3=CC[C@H]5[C@@]6(C)CC[C@H](O[C@@H]7O[C@H](C(=O)O)[C@@H](O)[C@H](O)[C@H]7O)C(C)(C)[C@H]6CC[C@@]5(C)[C@]3(C)CC4)O[C@@H]2CO)[C@H](O)[C@H](O)[C@H]1O. The van der Waals surface area contributed by atoms with Crippen molar-refractivity contribution < 1.29 is 89.1 Å². The summed E-state index contributed by atoms with van der Waals surface area (Å²) in [5.74, 6) is -1.76. The van der Waals surface area contributed by atoms with Gasteiger partial charge in [-0.3, -0.25) is 4.79 Å². The molecule has 18 heteroatoms. The molecule has 0 aromatic heterocycles. The Hall–Kier alpha value is -1.88. The van der Waals surface area contributed by atoms with E-state index in [9.17, 15) is 60.7 Å². The molecule has 3 heterocycles. The highest BCUT2D eigenvalue weighted by molar-refractivity contribution is 5.79. The van der Waals surface area contributed by atoms with Gasteiger partial charge in [0.1, 0.15) is 61.0 Å². The first-order valence-corrected chi connectivity index (χ1v) is 24.2. The summed E-state index contributed by atoms with van der Waals surface area (Å²) < 4.78 is 35.4. The molecule has 3 saturated heterocycles. The first-order valence-electron chi connectivity index (χ1n) is 24.2. The van der Waals surface area contributed by atoms with Crippen LogP contribution in [0, 0.1) is 50.2 Å². The lowest BCUT2D eigenvalue weighted by atomic mass is 9.33. The van der Waals surface area contributed by atoms with E-state index in [0.29, 0.717) is 25.7 Å². The molecule has 10 N–H and O–H groups in total. The van der Waals surface area contributed by atoms with E-state index in [4.69, 9.17) is 28.4 Å². The third-order valence-corrected chi connectivity index (χ3v) is 19.2. The second-order valence-corrected chi connectivity index (χ2v) is 23.5. The predicted octanol–water partition coefficient (Wildman–Crippen LogP) is 1.26. The maximum atomic E-state index is 14.9. The molecule has 0 aromatic rings. The van der Waals surface area contributed by atoms with Crippen LogP contribution in [-0.2, 0) is 38.0 Å². The first-order chi connectivity index (χ1) is 30.7. The Balaban J connectivity index is 1.02. The molecule has 0 amide bonds. The summed E-state index contributed by atoms with van der Waals surface area (Å²) in [4.78, 5) is 26.8. The number of carbonyl (C=O) groups excluding carboxylic acids is 1. The monoisotopic (exact) mass is 941 g/mol. The minimum absolute atomic E-state index is 0.0952. The summed E-state index contributed by atoms with van der Waals surface area (Å²) in [5, 5.41) is 106. The molecule has 376 valence electrons. The fraction of sp³-hybridized carbons (Fsp3) is 0.917. The maximum absolute atomic E-state index is 14.9. The van der Waals surface area contributed by atoms with Crippen LogP contribution in [0.15, 0.2) is 11.6 Å². The molecule has 66 heavy (non-hydrogen) atoms. The smallest absolute Gasteiger partial charge is 0.335 e. The van der Waals surface area contributed by atoms with Crippen LogP contribution < -0.4 is 0 Å². The molecule has 7 fully saturated rings. The molecular weight excluding hydrogens is 865 g/mol. The number of ether oxygens (including phenoxy) is 6. The first kappa shape index (κ1) is 50.5. The number of carboxylic acid groups (broad SMARTS) is 1. The summed E-state index contributed by atoms with van der Waals surface area (Å²) >= 11 is 0. The Morgan fingerprint density at radius 1 is 0.682 bits per heavy atom. The lowest BCUT2D eigenvalue weighted by molar-refractivity contribution is -0.353. The fourth-order valence-electron chi connectivity index (χ4n) is 15.0. The summed E-state index contributed by atoms with van der Waals surface area (Å²) in [5.41, 5.74) is -0.846. The summed E-state index contributed by atoms with van der Waals surface area (Å²) in [6.07, 6.45) is -14.5. The van der Waals surface area contributed by atoms with Gasteiger partial charge in [-0.2, -0.15) is 0 Å². The Labute approximate surface area is 386 Å². The van der Waals surface area contributed by atoms with Crippen molar-refractivity contribution in [3.05, 3.63) is 11.6 Å². The van der Waals surface area contributed by atoms with E-state index in [1.807, 2.05) is 0 Å². The number of rotatable bonds is 8. The topological polar surface area (TPSA) is 292 Å². The molecule has 0 radical (unpaired) electrons. The standard InChI is InChI=1S/C48H76O18/c1-21-28(50)29(51)33(55)39(61-21)64-36-24(20-49)62-40(35(57)32(36)54)66-42(60)48-17-15-43(2,3)19-23(48)22-9-10-26-45(6)13-12-27(63-41-34(56)30(52)31(53)37(65-41)38(58)59)44(4,5)25(45)11-14-47(26,8)46(22,7)16-18-48/h9,21,23-37,39-41,49-57H,10-20H2,1-8H3,(H,58,59)/t21-,23-,24+,25+,26-,27-,28-,29+,30-,31-,32+,33+,34+,35+,36+,37-,39-,40-,41+,45-,46+,47+,48-/m0/s1. The molecule has 0 unspecified atom stereocenters. The molecule has 8 rings (SSSR count). The van der Waals surface area contributed by atoms with Crippen molar-refractivity contribution in [3.8, 4) is 0 Å². The van der Waals surface area contributed by atoms with Crippen molar-refractivity contribution in [3.63, 3.8) is 0 Å². The fourth-order valence-corrected chi connectivity index (χ4v) is 15.0. The van der Waals surface area contributed by atoms with Gasteiger partial charge in [-0.25, -0.2) is 4.79 Å². The molecular formula is C48H76O18. The molecule has 3 aliphatic heterocycles. The van der Waals surface area contributed by atoms with Gasteiger partial charge >= 0.3 is 11.9 Å². The second kappa shape index (κ2) is 17.5. The number of esters is 1. The quantitative estimate of drug-likeness (QED) is 0.0931. The van der Waals surface area contributed by atoms with Gasteiger partial charge in [0.15, 0.2) is 18.7 Å². The van der Waals surface area contributed by atoms with E-state index in [2.05, 4.69) is 54.5 Å². The van der Waals surface area contributed by atoms with Crippen LogP contribution in [0.1, 0.15) is 120 Å². The van der Waals surface area contributed by atoms with Crippen molar-refractivity contribution >= 4 is 11.9 Å². The zero-order valence-electron chi connectivity index (χ0n) is 39.6. The lowest BCUT2D eigenvalue weighted by Crippen LogP contribution is -2.66. The van der Waals surface area contributed by atoms with E-state index < -0.39 is 128 Å². The van der Waals surface area contributed by atoms with Crippen molar-refractivity contribution in [2.24, 2.45) is 50.2 Å². The van der Waals surface area contributed by atoms with Crippen LogP contribution in [0.5, 0.6) is 0 Å². The zero-order chi connectivity index (χ0) is 48.4. The van der Waals surface area contributed by atoms with Gasteiger partial charge < -0.3 is 79.5 Å². The third kappa shape index (κ3) is 7.74. The Kier molecular flexibility index (Phi) is 13.4. The van der Waals surface area contributed by atoms with Gasteiger partial charge in [0.05, 0.1) is 24.2 Å². The van der Waals surface area contributed by atoms with Crippen LogP contribution in [0.4, 0.5) is 0 Å². The minimum atomic E-state index is -1.81. The van der Waals surface area contributed by atoms with E-state index in [1.165, 1.54) is 12.5 Å². The van der Waals surface area contributed by atoms with Gasteiger partial charge in [-0.1, -0.05) is 60.1 Å². The predicted molar refractivity (Wildman–Crippen MR) is 229 cm³/mol. The number of allylic oxidation sites excluding steroid dienone is 2. The average molecular weight is 941 g/mol. The average Bonchev–Trinajstić information content (AvgIpc) is 3.25. The molecule has 0 spiro atoms. The van der Waals surface area contributed by atoms with Gasteiger partial charge in [-0.05, 0) is 116 Å². The van der Waals surface area contributed by atoms with Crippen LogP contribution in [-0.4, -0.2) is 168 Å². The highest BCUT2D eigenvalue weighted by Crippen LogP contribution is 2.76. The van der Waals surface area contributed by atoms with Gasteiger partial charge in [-0.15, -0.1) is 0 Å². The number of hydrogen-bond donors (Lipinski definition) is 10. The second-order valence-electron chi connectivity index (χ2n) is 23.5. The van der Waals surface area contributed by atoms with Crippen molar-refractivity contribution in [2.75, 3.05) is 6.61 Å². The van der Waals surface area contributed by atoms with Gasteiger partial charge in [0.25, 0.3) is 0 Å². The Morgan fingerprint density at radius 3 is 1.95 bits per heavy atom. The highest BCUT2D eigenvalue weighted by atomic mass is 16.7. The number of aliphatic carboxylic acids is 1. The number of aliphatic hydroxyl groups excluding tert-OH is 9. The van der Waals surface area contributed by atoms with Crippen LogP contribution in [0.2, 0.25) is 0 Å². The van der Waals surface area contributed by atoms with E-state index >= 15 is 0 Å². The van der Waals surface area contributed by atoms with E-state index in [-0.39, 0.29) is 39.4 Å². The number of carboxylic acids is 1.